The van der Waals surface area contributed by atoms with Crippen LogP contribution in [-0.2, 0) is 17.0 Å². The average Bonchev–Trinajstić information content (AvgIpc) is 3.19. The molecular weight excluding hydrogens is 408 g/mol. The van der Waals surface area contributed by atoms with E-state index in [4.69, 9.17) is 9.84 Å². The third-order valence-electron chi connectivity index (χ3n) is 4.82. The van der Waals surface area contributed by atoms with Gasteiger partial charge in [-0.1, -0.05) is 36.4 Å². The molecular formula is C25H22N2O3S. The summed E-state index contributed by atoms with van der Waals surface area (Å²) in [6.07, 6.45) is 1.79. The van der Waals surface area contributed by atoms with Crippen LogP contribution in [0.2, 0.25) is 0 Å². The predicted octanol–water partition coefficient (Wildman–Crippen LogP) is 6.10. The van der Waals surface area contributed by atoms with Crippen molar-refractivity contribution in [1.29, 1.82) is 0 Å². The van der Waals surface area contributed by atoms with Gasteiger partial charge in [0.1, 0.15) is 11.5 Å². The Balaban J connectivity index is 1.64. The number of aromatic amines is 1. The Morgan fingerprint density at radius 2 is 1.90 bits per heavy atom. The number of aryl methyl sites for hydroxylation is 1. The Morgan fingerprint density at radius 1 is 1.06 bits per heavy atom. The molecule has 0 aliphatic carbocycles. The number of aliphatic carboxylic acids is 1. The summed E-state index contributed by atoms with van der Waals surface area (Å²) < 4.78 is 6.19. The van der Waals surface area contributed by atoms with Gasteiger partial charge >= 0.3 is 5.97 Å². The minimum Gasteiger partial charge on any atom is -0.481 e. The van der Waals surface area contributed by atoms with Crippen molar-refractivity contribution in [3.63, 3.8) is 0 Å². The van der Waals surface area contributed by atoms with Crippen LogP contribution in [0.1, 0.15) is 16.8 Å². The van der Waals surface area contributed by atoms with Crippen molar-refractivity contribution in [3.05, 3.63) is 95.8 Å². The molecule has 1 heterocycles. The third-order valence-corrected chi connectivity index (χ3v) is 5.88. The fraction of sp³-hybridized carbons (Fsp3) is 0.120. The van der Waals surface area contributed by atoms with Gasteiger partial charge in [0, 0.05) is 27.5 Å². The van der Waals surface area contributed by atoms with Crippen LogP contribution in [0.3, 0.4) is 0 Å². The van der Waals surface area contributed by atoms with Crippen LogP contribution in [0.5, 0.6) is 11.5 Å². The first-order chi connectivity index (χ1) is 15.1. The molecule has 0 aliphatic rings. The molecule has 0 saturated heterocycles. The molecule has 4 rings (SSSR count). The van der Waals surface area contributed by atoms with Gasteiger partial charge in [-0.25, -0.2) is 0 Å². The van der Waals surface area contributed by atoms with Crippen LogP contribution < -0.4 is 4.74 Å². The van der Waals surface area contributed by atoms with E-state index >= 15 is 0 Å². The van der Waals surface area contributed by atoms with Gasteiger partial charge in [-0.15, -0.1) is 11.8 Å². The van der Waals surface area contributed by atoms with E-state index < -0.39 is 5.97 Å². The molecule has 4 aromatic rings. The van der Waals surface area contributed by atoms with E-state index in [-0.39, 0.29) is 6.42 Å². The maximum absolute atomic E-state index is 11.0. The summed E-state index contributed by atoms with van der Waals surface area (Å²) in [5.74, 6) is 1.24. The van der Waals surface area contributed by atoms with Crippen LogP contribution in [0.25, 0.3) is 11.1 Å². The topological polar surface area (TPSA) is 75.2 Å². The summed E-state index contributed by atoms with van der Waals surface area (Å²) in [7, 11) is 0. The van der Waals surface area contributed by atoms with Crippen LogP contribution >= 0.6 is 11.8 Å². The first-order valence-corrected chi connectivity index (χ1v) is 10.9. The molecule has 0 radical (unpaired) electrons. The first-order valence-electron chi connectivity index (χ1n) is 9.88. The van der Waals surface area contributed by atoms with E-state index in [2.05, 4.69) is 28.4 Å². The molecule has 0 fully saturated rings. The number of rotatable bonds is 8. The molecule has 5 nitrogen and oxygen atoms in total. The molecule has 156 valence electrons. The Kier molecular flexibility index (Phi) is 6.38. The molecule has 0 saturated carbocycles. The number of nitrogens with one attached hydrogen (secondary N) is 1. The lowest BCUT2D eigenvalue weighted by molar-refractivity contribution is -0.136. The van der Waals surface area contributed by atoms with Gasteiger partial charge < -0.3 is 9.84 Å². The van der Waals surface area contributed by atoms with Crippen molar-refractivity contribution in [1.82, 2.24) is 10.2 Å². The number of hydrogen-bond donors (Lipinski definition) is 2. The molecule has 0 atom stereocenters. The Hall–Kier alpha value is -3.51. The molecule has 0 amide bonds. The highest BCUT2D eigenvalue weighted by Crippen LogP contribution is 2.35. The molecule has 0 spiro atoms. The summed E-state index contributed by atoms with van der Waals surface area (Å²) in [5.41, 5.74) is 4.89. The number of thioether (sulfide) groups is 1. The minimum atomic E-state index is -0.864. The quantitative estimate of drug-likeness (QED) is 0.331. The van der Waals surface area contributed by atoms with Gasteiger partial charge in [-0.05, 0) is 54.4 Å². The van der Waals surface area contributed by atoms with Crippen LogP contribution in [0.4, 0.5) is 0 Å². The van der Waals surface area contributed by atoms with Crippen LogP contribution in [0, 0.1) is 6.92 Å². The number of carboxylic acid groups (broad SMARTS) is 1. The highest BCUT2D eigenvalue weighted by Gasteiger charge is 2.12. The van der Waals surface area contributed by atoms with Gasteiger partial charge in [0.2, 0.25) is 0 Å². The van der Waals surface area contributed by atoms with Crippen molar-refractivity contribution < 1.29 is 14.6 Å². The lowest BCUT2D eigenvalue weighted by Crippen LogP contribution is -2.00. The standard InChI is InChI=1S/C25H22N2O3S/c1-17-23(15-26-27-17)19-10-11-24(20(14-19)16-31-22-8-3-2-4-9-22)30-21-7-5-6-18(12-21)13-25(28)29/h2-12,14-15H,13,16H2,1H3,(H,26,27)(H,28,29). The lowest BCUT2D eigenvalue weighted by Gasteiger charge is -2.14. The molecule has 6 heteroatoms. The summed E-state index contributed by atoms with van der Waals surface area (Å²) >= 11 is 1.74. The number of benzene rings is 3. The zero-order chi connectivity index (χ0) is 21.6. The fourth-order valence-electron chi connectivity index (χ4n) is 3.30. The van der Waals surface area contributed by atoms with Gasteiger partial charge in [0.25, 0.3) is 0 Å². The second-order valence-electron chi connectivity index (χ2n) is 7.15. The van der Waals surface area contributed by atoms with Crippen molar-refractivity contribution in [2.45, 2.75) is 24.0 Å². The Morgan fingerprint density at radius 3 is 2.65 bits per heavy atom. The zero-order valence-corrected chi connectivity index (χ0v) is 17.9. The molecule has 1 aromatic heterocycles. The molecule has 3 aromatic carbocycles. The average molecular weight is 431 g/mol. The predicted molar refractivity (Wildman–Crippen MR) is 123 cm³/mol. The lowest BCUT2D eigenvalue weighted by atomic mass is 10.0. The van der Waals surface area contributed by atoms with Crippen molar-refractivity contribution >= 4 is 17.7 Å². The molecule has 0 aliphatic heterocycles. The minimum absolute atomic E-state index is 0.0351. The second kappa shape index (κ2) is 9.53. The highest BCUT2D eigenvalue weighted by molar-refractivity contribution is 7.98. The maximum atomic E-state index is 11.0. The SMILES string of the molecule is Cc1[nH]ncc1-c1ccc(Oc2cccc(CC(=O)O)c2)c(CSc2ccccc2)c1. The summed E-state index contributed by atoms with van der Waals surface area (Å²) in [6, 6.07) is 23.6. The smallest absolute Gasteiger partial charge is 0.307 e. The van der Waals surface area contributed by atoms with Gasteiger partial charge in [-0.2, -0.15) is 5.10 Å². The molecule has 0 bridgehead atoms. The normalized spacial score (nSPS) is 10.7. The van der Waals surface area contributed by atoms with Gasteiger partial charge in [0.15, 0.2) is 0 Å². The number of nitrogens with zero attached hydrogens (tertiary/aromatic N) is 1. The van der Waals surface area contributed by atoms with Crippen molar-refractivity contribution in [3.8, 4) is 22.6 Å². The number of carboxylic acids is 1. The Bertz CT molecular complexity index is 1190. The summed E-state index contributed by atoms with van der Waals surface area (Å²) in [5, 5.41) is 16.2. The van der Waals surface area contributed by atoms with Crippen LogP contribution in [0.15, 0.2) is 83.9 Å². The van der Waals surface area contributed by atoms with Gasteiger partial charge in [-0.3, -0.25) is 9.89 Å². The second-order valence-corrected chi connectivity index (χ2v) is 8.20. The monoisotopic (exact) mass is 430 g/mol. The van der Waals surface area contributed by atoms with E-state index in [0.717, 1.165) is 33.9 Å². The van der Waals surface area contributed by atoms with Gasteiger partial charge in [0.05, 0.1) is 12.6 Å². The number of ether oxygens (including phenoxy) is 1. The summed E-state index contributed by atoms with van der Waals surface area (Å²) in [4.78, 5) is 12.2. The largest absolute Gasteiger partial charge is 0.481 e. The molecule has 0 unspecified atom stereocenters. The number of H-pyrrole nitrogens is 1. The number of carbonyl (C=O) groups is 1. The summed E-state index contributed by atoms with van der Waals surface area (Å²) in [6.45, 7) is 2.00. The highest BCUT2D eigenvalue weighted by atomic mass is 32.2. The van der Waals surface area contributed by atoms with Crippen LogP contribution in [-0.4, -0.2) is 21.3 Å². The van der Waals surface area contributed by atoms with E-state index in [1.165, 1.54) is 4.90 Å². The molecule has 31 heavy (non-hydrogen) atoms. The van der Waals surface area contributed by atoms with E-state index in [1.54, 1.807) is 23.9 Å². The first kappa shape index (κ1) is 20.8. The third kappa shape index (κ3) is 5.35. The van der Waals surface area contributed by atoms with E-state index in [1.807, 2.05) is 55.6 Å². The maximum Gasteiger partial charge on any atom is 0.307 e. The van der Waals surface area contributed by atoms with Crippen molar-refractivity contribution in [2.75, 3.05) is 0 Å². The number of hydrogen-bond acceptors (Lipinski definition) is 4. The fourth-order valence-corrected chi connectivity index (χ4v) is 4.20. The Labute approximate surface area is 185 Å². The zero-order valence-electron chi connectivity index (χ0n) is 17.0. The molecule has 2 N–H and O–H groups in total. The van der Waals surface area contributed by atoms with E-state index in [9.17, 15) is 4.79 Å². The van der Waals surface area contributed by atoms with E-state index in [0.29, 0.717) is 11.3 Å². The van der Waals surface area contributed by atoms with Crippen molar-refractivity contribution in [2.24, 2.45) is 0 Å². The number of aromatic nitrogens is 2.